The third-order valence-electron chi connectivity index (χ3n) is 2.80. The van der Waals surface area contributed by atoms with Crippen LogP contribution in [0.25, 0.3) is 0 Å². The molecule has 3 atom stereocenters. The SMILES string of the molecule is C=C(Cl)C[C@@H]1NC(CCC)CC[C@@H]1O. The van der Waals surface area contributed by atoms with Gasteiger partial charge in [0.15, 0.2) is 0 Å². The first kappa shape index (κ1) is 12.0. The summed E-state index contributed by atoms with van der Waals surface area (Å²) in [6.07, 6.45) is 4.72. The van der Waals surface area contributed by atoms with Gasteiger partial charge in [-0.2, -0.15) is 0 Å². The molecule has 3 heteroatoms. The lowest BCUT2D eigenvalue weighted by molar-refractivity contribution is 0.0784. The summed E-state index contributed by atoms with van der Waals surface area (Å²) in [5.41, 5.74) is 0. The van der Waals surface area contributed by atoms with E-state index in [0.717, 1.165) is 12.8 Å². The van der Waals surface area contributed by atoms with Gasteiger partial charge in [0.05, 0.1) is 6.10 Å². The molecule has 0 aromatic carbocycles. The van der Waals surface area contributed by atoms with Gasteiger partial charge in [0, 0.05) is 23.5 Å². The molecule has 1 rings (SSSR count). The van der Waals surface area contributed by atoms with Crippen molar-refractivity contribution in [3.63, 3.8) is 0 Å². The van der Waals surface area contributed by atoms with Crippen molar-refractivity contribution >= 4 is 11.6 Å². The van der Waals surface area contributed by atoms with Crippen LogP contribution >= 0.6 is 11.6 Å². The predicted octanol–water partition coefficient (Wildman–Crippen LogP) is 2.41. The summed E-state index contributed by atoms with van der Waals surface area (Å²) < 4.78 is 0. The number of piperidine rings is 1. The highest BCUT2D eigenvalue weighted by Crippen LogP contribution is 2.21. The van der Waals surface area contributed by atoms with Crippen LogP contribution in [0.5, 0.6) is 0 Å². The first-order valence-corrected chi connectivity index (χ1v) is 5.78. The molecule has 14 heavy (non-hydrogen) atoms. The monoisotopic (exact) mass is 217 g/mol. The Labute approximate surface area is 91.3 Å². The second-order valence-corrected chi connectivity index (χ2v) is 4.66. The van der Waals surface area contributed by atoms with E-state index in [1.54, 1.807) is 0 Å². The normalized spacial score (nSPS) is 32.9. The molecule has 1 aliphatic heterocycles. The average molecular weight is 218 g/mol. The molecule has 0 amide bonds. The summed E-state index contributed by atoms with van der Waals surface area (Å²) in [7, 11) is 0. The average Bonchev–Trinajstić information content (AvgIpc) is 2.10. The summed E-state index contributed by atoms with van der Waals surface area (Å²) in [5, 5.41) is 13.8. The first-order valence-electron chi connectivity index (χ1n) is 5.41. The van der Waals surface area contributed by atoms with Gasteiger partial charge in [-0.3, -0.25) is 0 Å². The number of rotatable bonds is 4. The second kappa shape index (κ2) is 5.74. The van der Waals surface area contributed by atoms with Gasteiger partial charge in [0.25, 0.3) is 0 Å². The van der Waals surface area contributed by atoms with Crippen molar-refractivity contribution in [1.82, 2.24) is 5.32 Å². The van der Waals surface area contributed by atoms with Gasteiger partial charge in [0.2, 0.25) is 0 Å². The molecule has 0 aliphatic carbocycles. The fourth-order valence-corrected chi connectivity index (χ4v) is 2.25. The Kier molecular flexibility index (Phi) is 4.93. The van der Waals surface area contributed by atoms with Crippen LogP contribution in [0.4, 0.5) is 0 Å². The molecule has 0 aromatic heterocycles. The largest absolute Gasteiger partial charge is 0.391 e. The highest BCUT2D eigenvalue weighted by molar-refractivity contribution is 6.29. The van der Waals surface area contributed by atoms with Gasteiger partial charge >= 0.3 is 0 Å². The summed E-state index contributed by atoms with van der Waals surface area (Å²) >= 11 is 5.76. The van der Waals surface area contributed by atoms with Crippen molar-refractivity contribution in [2.45, 2.75) is 57.2 Å². The summed E-state index contributed by atoms with van der Waals surface area (Å²) in [5.74, 6) is 0. The number of hydrogen-bond acceptors (Lipinski definition) is 2. The Morgan fingerprint density at radius 3 is 2.86 bits per heavy atom. The van der Waals surface area contributed by atoms with Crippen LogP contribution in [0.15, 0.2) is 11.6 Å². The van der Waals surface area contributed by atoms with Gasteiger partial charge in [-0.15, -0.1) is 0 Å². The van der Waals surface area contributed by atoms with Crippen molar-refractivity contribution in [2.75, 3.05) is 0 Å². The lowest BCUT2D eigenvalue weighted by Gasteiger charge is -2.34. The molecule has 2 nitrogen and oxygen atoms in total. The van der Waals surface area contributed by atoms with E-state index >= 15 is 0 Å². The number of halogens is 1. The smallest absolute Gasteiger partial charge is 0.0697 e. The standard InChI is InChI=1S/C11H20ClNO/c1-3-4-9-5-6-11(14)10(13-9)7-8(2)12/h9-11,13-14H,2-7H2,1H3/t9?,10-,11-/m0/s1. The number of hydrogen-bond donors (Lipinski definition) is 2. The van der Waals surface area contributed by atoms with E-state index in [1.807, 2.05) is 0 Å². The van der Waals surface area contributed by atoms with Crippen LogP contribution < -0.4 is 5.32 Å². The number of aliphatic hydroxyl groups is 1. The van der Waals surface area contributed by atoms with E-state index in [2.05, 4.69) is 18.8 Å². The molecular weight excluding hydrogens is 198 g/mol. The lowest BCUT2D eigenvalue weighted by Crippen LogP contribution is -2.50. The van der Waals surface area contributed by atoms with Crippen molar-refractivity contribution in [2.24, 2.45) is 0 Å². The van der Waals surface area contributed by atoms with Crippen molar-refractivity contribution in [3.8, 4) is 0 Å². The Bertz CT molecular complexity index is 196. The first-order chi connectivity index (χ1) is 6.63. The Hall–Kier alpha value is -0.0500. The molecule has 0 saturated carbocycles. The van der Waals surface area contributed by atoms with Gasteiger partial charge in [-0.25, -0.2) is 0 Å². The van der Waals surface area contributed by atoms with Crippen molar-refractivity contribution < 1.29 is 5.11 Å². The third kappa shape index (κ3) is 3.60. The molecule has 1 saturated heterocycles. The van der Waals surface area contributed by atoms with Gasteiger partial charge in [-0.1, -0.05) is 31.5 Å². The van der Waals surface area contributed by atoms with E-state index in [0.29, 0.717) is 17.5 Å². The highest BCUT2D eigenvalue weighted by atomic mass is 35.5. The third-order valence-corrected chi connectivity index (χ3v) is 2.96. The second-order valence-electron chi connectivity index (χ2n) is 4.12. The molecule has 1 fully saturated rings. The van der Waals surface area contributed by atoms with Crippen LogP contribution in [0.2, 0.25) is 0 Å². The van der Waals surface area contributed by atoms with Crippen LogP contribution in [-0.4, -0.2) is 23.3 Å². The van der Waals surface area contributed by atoms with Crippen molar-refractivity contribution in [1.29, 1.82) is 0 Å². The summed E-state index contributed by atoms with van der Waals surface area (Å²) in [4.78, 5) is 0. The van der Waals surface area contributed by atoms with Crippen LogP contribution in [-0.2, 0) is 0 Å². The molecule has 0 bridgehead atoms. The minimum atomic E-state index is -0.265. The van der Waals surface area contributed by atoms with E-state index < -0.39 is 0 Å². The Morgan fingerprint density at radius 2 is 2.29 bits per heavy atom. The number of nitrogens with one attached hydrogen (secondary N) is 1. The Balaban J connectivity index is 2.42. The minimum Gasteiger partial charge on any atom is -0.391 e. The topological polar surface area (TPSA) is 32.3 Å². The molecule has 2 N–H and O–H groups in total. The molecule has 0 aromatic rings. The van der Waals surface area contributed by atoms with E-state index in [1.165, 1.54) is 12.8 Å². The molecule has 1 heterocycles. The van der Waals surface area contributed by atoms with Gasteiger partial charge < -0.3 is 10.4 Å². The molecule has 0 spiro atoms. The quantitative estimate of drug-likeness (QED) is 0.758. The summed E-state index contributed by atoms with van der Waals surface area (Å²) in [6, 6.07) is 0.648. The highest BCUT2D eigenvalue weighted by Gasteiger charge is 2.27. The minimum absolute atomic E-state index is 0.102. The molecule has 82 valence electrons. The van der Waals surface area contributed by atoms with Crippen LogP contribution in [0, 0.1) is 0 Å². The van der Waals surface area contributed by atoms with Crippen LogP contribution in [0.3, 0.4) is 0 Å². The maximum Gasteiger partial charge on any atom is 0.0697 e. The molecular formula is C11H20ClNO. The maximum absolute atomic E-state index is 9.74. The molecule has 1 unspecified atom stereocenters. The lowest BCUT2D eigenvalue weighted by atomic mass is 9.92. The predicted molar refractivity (Wildman–Crippen MR) is 60.5 cm³/mol. The number of aliphatic hydroxyl groups excluding tert-OH is 1. The van der Waals surface area contributed by atoms with E-state index in [4.69, 9.17) is 11.6 Å². The zero-order valence-corrected chi connectivity index (χ0v) is 9.56. The summed E-state index contributed by atoms with van der Waals surface area (Å²) in [6.45, 7) is 5.85. The fourth-order valence-electron chi connectivity index (χ4n) is 2.08. The Morgan fingerprint density at radius 1 is 1.57 bits per heavy atom. The van der Waals surface area contributed by atoms with Gasteiger partial charge in [0.1, 0.15) is 0 Å². The van der Waals surface area contributed by atoms with E-state index in [9.17, 15) is 5.11 Å². The van der Waals surface area contributed by atoms with Crippen LogP contribution in [0.1, 0.15) is 39.0 Å². The maximum atomic E-state index is 9.74. The zero-order chi connectivity index (χ0) is 10.6. The van der Waals surface area contributed by atoms with E-state index in [-0.39, 0.29) is 12.1 Å². The van der Waals surface area contributed by atoms with Gasteiger partial charge in [-0.05, 0) is 19.3 Å². The van der Waals surface area contributed by atoms with Crippen molar-refractivity contribution in [3.05, 3.63) is 11.6 Å². The zero-order valence-electron chi connectivity index (χ0n) is 8.80. The molecule has 0 radical (unpaired) electrons. The fraction of sp³-hybridized carbons (Fsp3) is 0.818. The molecule has 1 aliphatic rings.